The predicted octanol–water partition coefficient (Wildman–Crippen LogP) is 6.35. The Labute approximate surface area is 172 Å². The summed E-state index contributed by atoms with van der Waals surface area (Å²) in [4.78, 5) is 11.9. The molecule has 0 bridgehead atoms. The summed E-state index contributed by atoms with van der Waals surface area (Å²) in [5.41, 5.74) is 5.67. The molecule has 29 heavy (non-hydrogen) atoms. The first-order valence-corrected chi connectivity index (χ1v) is 10.1. The number of methoxy groups -OCH3 is 1. The highest BCUT2D eigenvalue weighted by Crippen LogP contribution is 2.46. The number of ether oxygens (including phenoxy) is 1. The third-order valence-electron chi connectivity index (χ3n) is 6.55. The molecule has 0 unspecified atom stereocenters. The number of aromatic hydroxyl groups is 1. The van der Waals surface area contributed by atoms with Gasteiger partial charge in [0.2, 0.25) is 0 Å². The minimum atomic E-state index is -0.535. The van der Waals surface area contributed by atoms with Gasteiger partial charge in [-0.1, -0.05) is 58.0 Å². The smallest absolute Gasteiger partial charge is 0.341 e. The summed E-state index contributed by atoms with van der Waals surface area (Å²) < 4.78 is 4.79. The molecule has 0 radical (unpaired) electrons. The second-order valence-electron chi connectivity index (χ2n) is 9.45. The molecule has 0 aliphatic heterocycles. The third-order valence-corrected chi connectivity index (χ3v) is 6.55. The molecule has 3 nitrogen and oxygen atoms in total. The normalized spacial score (nSPS) is 17.0. The van der Waals surface area contributed by atoms with Gasteiger partial charge < -0.3 is 9.84 Å². The molecule has 0 aromatic heterocycles. The fourth-order valence-corrected chi connectivity index (χ4v) is 4.51. The van der Waals surface area contributed by atoms with E-state index in [-0.39, 0.29) is 22.1 Å². The molecule has 0 saturated heterocycles. The lowest BCUT2D eigenvalue weighted by molar-refractivity contribution is 0.0597. The van der Waals surface area contributed by atoms with Gasteiger partial charge in [0.15, 0.2) is 0 Å². The number of hydrogen-bond acceptors (Lipinski definition) is 3. The molecule has 0 spiro atoms. The van der Waals surface area contributed by atoms with Gasteiger partial charge in [0.05, 0.1) is 7.11 Å². The standard InChI is InChI=1S/C26H28O3/c1-25(2)10-11-26(3,4)22-14-17(8-9-21(22)25)16-6-7-18-15-23(27)20(24(28)29-5)13-19(18)12-16/h6-9,12-15,27H,10-11H2,1-5H3. The van der Waals surface area contributed by atoms with Crippen LogP contribution in [0.3, 0.4) is 0 Å². The van der Waals surface area contributed by atoms with Crippen molar-refractivity contribution in [2.75, 3.05) is 7.11 Å². The SMILES string of the molecule is COC(=O)c1cc2cc(-c3ccc4c(c3)C(C)(C)CCC4(C)C)ccc2cc1O. The van der Waals surface area contributed by atoms with E-state index in [1.807, 2.05) is 6.07 Å². The number of esters is 1. The highest BCUT2D eigenvalue weighted by Gasteiger charge is 2.36. The number of benzene rings is 3. The van der Waals surface area contributed by atoms with E-state index in [1.54, 1.807) is 12.1 Å². The molecule has 1 aliphatic rings. The molecule has 1 aliphatic carbocycles. The van der Waals surface area contributed by atoms with Crippen molar-refractivity contribution in [3.8, 4) is 16.9 Å². The maximum absolute atomic E-state index is 11.9. The molecule has 1 N–H and O–H groups in total. The van der Waals surface area contributed by atoms with E-state index in [2.05, 4.69) is 58.0 Å². The van der Waals surface area contributed by atoms with Crippen molar-refractivity contribution < 1.29 is 14.6 Å². The van der Waals surface area contributed by atoms with Crippen molar-refractivity contribution in [1.29, 1.82) is 0 Å². The Morgan fingerprint density at radius 3 is 2.14 bits per heavy atom. The fourth-order valence-electron chi connectivity index (χ4n) is 4.51. The molecule has 0 fully saturated rings. The number of phenols is 1. The molecule has 0 atom stereocenters. The van der Waals surface area contributed by atoms with Crippen LogP contribution in [-0.4, -0.2) is 18.2 Å². The molecular formula is C26H28O3. The van der Waals surface area contributed by atoms with E-state index >= 15 is 0 Å². The molecule has 150 valence electrons. The van der Waals surface area contributed by atoms with Gasteiger partial charge in [-0.15, -0.1) is 0 Å². The van der Waals surface area contributed by atoms with Gasteiger partial charge in [-0.25, -0.2) is 4.79 Å². The first kappa shape index (κ1) is 19.5. The minimum Gasteiger partial charge on any atom is -0.507 e. The Balaban J connectivity index is 1.85. The number of carbonyl (C=O) groups is 1. The second-order valence-corrected chi connectivity index (χ2v) is 9.45. The zero-order valence-corrected chi connectivity index (χ0v) is 17.8. The average molecular weight is 389 g/mol. The number of phenolic OH excluding ortho intramolecular Hbond substituents is 1. The van der Waals surface area contributed by atoms with Crippen molar-refractivity contribution in [2.45, 2.75) is 51.4 Å². The Morgan fingerprint density at radius 2 is 1.45 bits per heavy atom. The zero-order valence-electron chi connectivity index (χ0n) is 17.8. The molecule has 0 amide bonds. The largest absolute Gasteiger partial charge is 0.507 e. The van der Waals surface area contributed by atoms with Gasteiger partial charge in [0.1, 0.15) is 11.3 Å². The predicted molar refractivity (Wildman–Crippen MR) is 118 cm³/mol. The van der Waals surface area contributed by atoms with Crippen molar-refractivity contribution in [2.24, 2.45) is 0 Å². The van der Waals surface area contributed by atoms with E-state index < -0.39 is 5.97 Å². The van der Waals surface area contributed by atoms with Crippen LogP contribution in [0.15, 0.2) is 48.5 Å². The third kappa shape index (κ3) is 3.29. The number of hydrogen-bond donors (Lipinski definition) is 1. The van der Waals surface area contributed by atoms with Gasteiger partial charge in [0.25, 0.3) is 0 Å². The van der Waals surface area contributed by atoms with Crippen molar-refractivity contribution >= 4 is 16.7 Å². The van der Waals surface area contributed by atoms with Crippen LogP contribution in [0.1, 0.15) is 62.0 Å². The molecular weight excluding hydrogens is 360 g/mol. The van der Waals surface area contributed by atoms with E-state index in [0.717, 1.165) is 16.3 Å². The summed E-state index contributed by atoms with van der Waals surface area (Å²) in [5, 5.41) is 11.9. The summed E-state index contributed by atoms with van der Waals surface area (Å²) in [6.45, 7) is 9.32. The van der Waals surface area contributed by atoms with Crippen LogP contribution in [0.2, 0.25) is 0 Å². The lowest BCUT2D eigenvalue weighted by Crippen LogP contribution is -2.33. The van der Waals surface area contributed by atoms with Crippen LogP contribution in [0.5, 0.6) is 5.75 Å². The lowest BCUT2D eigenvalue weighted by Gasteiger charge is -2.42. The number of fused-ring (bicyclic) bond motifs is 2. The highest BCUT2D eigenvalue weighted by atomic mass is 16.5. The van der Waals surface area contributed by atoms with E-state index in [0.29, 0.717) is 0 Å². The Bertz CT molecular complexity index is 1120. The lowest BCUT2D eigenvalue weighted by atomic mass is 9.63. The molecule has 0 saturated carbocycles. The van der Waals surface area contributed by atoms with Crippen LogP contribution < -0.4 is 0 Å². The summed E-state index contributed by atoms with van der Waals surface area (Å²) >= 11 is 0. The summed E-state index contributed by atoms with van der Waals surface area (Å²) in [7, 11) is 1.32. The van der Waals surface area contributed by atoms with E-state index in [1.165, 1.54) is 36.6 Å². The maximum atomic E-state index is 11.9. The average Bonchev–Trinajstić information content (AvgIpc) is 2.70. The first-order valence-electron chi connectivity index (χ1n) is 10.1. The van der Waals surface area contributed by atoms with E-state index in [9.17, 15) is 9.90 Å². The zero-order chi connectivity index (χ0) is 21.0. The van der Waals surface area contributed by atoms with Crippen LogP contribution in [0.25, 0.3) is 21.9 Å². The molecule has 3 heteroatoms. The Morgan fingerprint density at radius 1 is 0.828 bits per heavy atom. The number of rotatable bonds is 2. The van der Waals surface area contributed by atoms with Gasteiger partial charge >= 0.3 is 5.97 Å². The topological polar surface area (TPSA) is 46.5 Å². The summed E-state index contributed by atoms with van der Waals surface area (Å²) in [5.74, 6) is -0.595. The fraction of sp³-hybridized carbons (Fsp3) is 0.346. The monoisotopic (exact) mass is 388 g/mol. The van der Waals surface area contributed by atoms with Crippen LogP contribution in [0, 0.1) is 0 Å². The first-order chi connectivity index (χ1) is 13.6. The quantitative estimate of drug-likeness (QED) is 0.521. The molecule has 4 rings (SSSR count). The van der Waals surface area contributed by atoms with Crippen LogP contribution in [-0.2, 0) is 15.6 Å². The molecule has 3 aromatic rings. The number of carbonyl (C=O) groups excluding carboxylic acids is 1. The van der Waals surface area contributed by atoms with Gasteiger partial charge in [-0.05, 0) is 74.9 Å². The van der Waals surface area contributed by atoms with Gasteiger partial charge in [-0.3, -0.25) is 0 Å². The van der Waals surface area contributed by atoms with Gasteiger partial charge in [-0.2, -0.15) is 0 Å². The second kappa shape index (κ2) is 6.62. The van der Waals surface area contributed by atoms with Crippen molar-refractivity contribution in [1.82, 2.24) is 0 Å². The Hall–Kier alpha value is -2.81. The minimum absolute atomic E-state index is 0.0603. The van der Waals surface area contributed by atoms with Crippen LogP contribution in [0.4, 0.5) is 0 Å². The van der Waals surface area contributed by atoms with Gasteiger partial charge in [0, 0.05) is 0 Å². The van der Waals surface area contributed by atoms with Crippen molar-refractivity contribution in [3.63, 3.8) is 0 Å². The summed E-state index contributed by atoms with van der Waals surface area (Å²) in [6.07, 6.45) is 2.37. The molecule has 3 aromatic carbocycles. The van der Waals surface area contributed by atoms with E-state index in [4.69, 9.17) is 4.74 Å². The maximum Gasteiger partial charge on any atom is 0.341 e. The molecule has 0 heterocycles. The highest BCUT2D eigenvalue weighted by molar-refractivity contribution is 5.99. The van der Waals surface area contributed by atoms with Crippen molar-refractivity contribution in [3.05, 3.63) is 65.2 Å². The Kier molecular flexibility index (Phi) is 4.45. The summed E-state index contributed by atoms with van der Waals surface area (Å²) in [6, 6.07) is 16.3. The van der Waals surface area contributed by atoms with Crippen LogP contribution >= 0.6 is 0 Å².